The van der Waals surface area contributed by atoms with Gasteiger partial charge in [0.1, 0.15) is 4.87 Å². The molecule has 1 aliphatic heterocycles. The summed E-state index contributed by atoms with van der Waals surface area (Å²) in [7, 11) is 0. The molecule has 2 atom stereocenters. The van der Waals surface area contributed by atoms with Gasteiger partial charge in [0.2, 0.25) is 11.8 Å². The zero-order valence-electron chi connectivity index (χ0n) is 9.42. The van der Waals surface area contributed by atoms with Gasteiger partial charge in [0.05, 0.1) is 4.83 Å². The number of alkyl halides is 2. The number of nitrogens with two attached hydrogens (primary N) is 1. The summed E-state index contributed by atoms with van der Waals surface area (Å²) in [5, 5.41) is 2.98. The van der Waals surface area contributed by atoms with Gasteiger partial charge in [0.15, 0.2) is 0 Å². The third kappa shape index (κ3) is 2.60. The second-order valence-electron chi connectivity index (χ2n) is 4.99. The third-order valence-corrected chi connectivity index (χ3v) is 5.26. The molecule has 1 aliphatic carbocycles. The van der Waals surface area contributed by atoms with E-state index >= 15 is 0 Å². The van der Waals surface area contributed by atoms with Gasteiger partial charge >= 0.3 is 0 Å². The number of amides is 2. The molecule has 6 heteroatoms. The second-order valence-corrected chi connectivity index (χ2v) is 6.81. The van der Waals surface area contributed by atoms with Crippen molar-refractivity contribution in [2.45, 2.75) is 47.8 Å². The maximum Gasteiger partial charge on any atom is 0.238 e. The van der Waals surface area contributed by atoms with Crippen molar-refractivity contribution in [1.29, 1.82) is 0 Å². The zero-order chi connectivity index (χ0) is 12.6. The van der Waals surface area contributed by atoms with E-state index in [0.29, 0.717) is 18.8 Å². The predicted octanol–water partition coefficient (Wildman–Crippen LogP) is 1.29. The predicted molar refractivity (Wildman–Crippen MR) is 69.0 cm³/mol. The van der Waals surface area contributed by atoms with E-state index in [1.807, 2.05) is 0 Å². The lowest BCUT2D eigenvalue weighted by Crippen LogP contribution is -2.44. The lowest BCUT2D eigenvalue weighted by atomic mass is 9.77. The summed E-state index contributed by atoms with van der Waals surface area (Å²) in [6.07, 6.45) is 3.71. The molecule has 0 radical (unpaired) electrons. The van der Waals surface area contributed by atoms with Gasteiger partial charge in [-0.25, -0.2) is 0 Å². The molecule has 96 valence electrons. The molecule has 4 nitrogen and oxygen atoms in total. The summed E-state index contributed by atoms with van der Waals surface area (Å²) >= 11 is 9.51. The van der Waals surface area contributed by atoms with E-state index in [1.54, 1.807) is 0 Å². The van der Waals surface area contributed by atoms with Crippen LogP contribution in [0.5, 0.6) is 0 Å². The molecule has 0 aromatic carbocycles. The molecule has 2 fully saturated rings. The van der Waals surface area contributed by atoms with Gasteiger partial charge in [-0.2, -0.15) is 0 Å². The van der Waals surface area contributed by atoms with E-state index in [1.165, 1.54) is 0 Å². The maximum absolute atomic E-state index is 11.4. The summed E-state index contributed by atoms with van der Waals surface area (Å²) in [4.78, 5) is 21.7. The van der Waals surface area contributed by atoms with Gasteiger partial charge in [0, 0.05) is 6.04 Å². The lowest BCUT2D eigenvalue weighted by Gasteiger charge is -2.35. The van der Waals surface area contributed by atoms with Gasteiger partial charge in [-0.1, -0.05) is 15.9 Å². The molecular formula is C11H16BrClN2O2. The topological polar surface area (TPSA) is 72.2 Å². The van der Waals surface area contributed by atoms with Crippen LogP contribution in [0, 0.1) is 5.92 Å². The molecule has 1 saturated carbocycles. The molecule has 2 aliphatic rings. The minimum Gasteiger partial charge on any atom is -0.368 e. The Morgan fingerprint density at radius 3 is 2.47 bits per heavy atom. The molecule has 17 heavy (non-hydrogen) atoms. The number of primary amides is 1. The van der Waals surface area contributed by atoms with Crippen molar-refractivity contribution in [3.05, 3.63) is 0 Å². The van der Waals surface area contributed by atoms with Crippen molar-refractivity contribution >= 4 is 39.3 Å². The average molecular weight is 324 g/mol. The van der Waals surface area contributed by atoms with Crippen LogP contribution in [0.15, 0.2) is 0 Å². The monoisotopic (exact) mass is 322 g/mol. The molecule has 2 unspecified atom stereocenters. The summed E-state index contributed by atoms with van der Waals surface area (Å²) < 4.78 is 0. The molecule has 0 aromatic heterocycles. The Balaban J connectivity index is 1.92. The Hall–Kier alpha value is -0.290. The molecule has 1 heterocycles. The van der Waals surface area contributed by atoms with Crippen LogP contribution in [0.3, 0.4) is 0 Å². The molecule has 1 saturated heterocycles. The van der Waals surface area contributed by atoms with Crippen molar-refractivity contribution in [3.8, 4) is 0 Å². The van der Waals surface area contributed by atoms with E-state index in [9.17, 15) is 9.59 Å². The highest BCUT2D eigenvalue weighted by molar-refractivity contribution is 9.10. The minimum atomic E-state index is -0.868. The first-order chi connectivity index (χ1) is 7.92. The van der Waals surface area contributed by atoms with E-state index in [4.69, 9.17) is 17.3 Å². The smallest absolute Gasteiger partial charge is 0.238 e. The highest BCUT2D eigenvalue weighted by Gasteiger charge is 2.43. The molecular weight excluding hydrogens is 307 g/mol. The number of carbonyl (C=O) groups is 2. The van der Waals surface area contributed by atoms with Crippen LogP contribution < -0.4 is 11.1 Å². The standard InChI is InChI=1S/C11H16BrClN2O2/c12-7-5-8(15-9(7)16)6-1-3-11(13,4-2-6)10(14)17/h6-8H,1-5H2,(H2,14,17)(H,15,16). The third-order valence-electron chi connectivity index (χ3n) is 3.91. The quantitative estimate of drug-likeness (QED) is 0.752. The normalized spacial score (nSPS) is 42.2. The fraction of sp³-hybridized carbons (Fsp3) is 0.818. The number of nitrogens with one attached hydrogen (secondary N) is 1. The van der Waals surface area contributed by atoms with Crippen molar-refractivity contribution in [2.24, 2.45) is 11.7 Å². The number of rotatable bonds is 2. The van der Waals surface area contributed by atoms with E-state index in [-0.39, 0.29) is 16.8 Å². The van der Waals surface area contributed by atoms with Crippen molar-refractivity contribution in [2.75, 3.05) is 0 Å². The summed E-state index contributed by atoms with van der Waals surface area (Å²) in [6, 6.07) is 0.209. The highest BCUT2D eigenvalue weighted by Crippen LogP contribution is 2.40. The number of halogens is 2. The lowest BCUT2D eigenvalue weighted by molar-refractivity contribution is -0.122. The average Bonchev–Trinajstić information content (AvgIpc) is 2.60. The maximum atomic E-state index is 11.4. The first-order valence-electron chi connectivity index (χ1n) is 5.85. The molecule has 0 aromatic rings. The number of hydrogen-bond acceptors (Lipinski definition) is 2. The van der Waals surface area contributed by atoms with E-state index in [0.717, 1.165) is 19.3 Å². The van der Waals surface area contributed by atoms with Gasteiger partial charge in [-0.05, 0) is 38.0 Å². The number of hydrogen-bond donors (Lipinski definition) is 2. The summed E-state index contributed by atoms with van der Waals surface area (Å²) in [5.74, 6) is 0.0479. The molecule has 0 bridgehead atoms. The van der Waals surface area contributed by atoms with Crippen LogP contribution in [0.4, 0.5) is 0 Å². The number of carbonyl (C=O) groups excluding carboxylic acids is 2. The fourth-order valence-electron chi connectivity index (χ4n) is 2.72. The minimum absolute atomic E-state index is 0.0626. The summed E-state index contributed by atoms with van der Waals surface area (Å²) in [6.45, 7) is 0. The fourth-order valence-corrected chi connectivity index (χ4v) is 3.47. The second kappa shape index (κ2) is 4.76. The Kier molecular flexibility index (Phi) is 3.69. The van der Waals surface area contributed by atoms with Crippen LogP contribution in [-0.4, -0.2) is 27.6 Å². The van der Waals surface area contributed by atoms with Crippen LogP contribution in [0.2, 0.25) is 0 Å². The molecule has 3 N–H and O–H groups in total. The van der Waals surface area contributed by atoms with E-state index in [2.05, 4.69) is 21.2 Å². The molecule has 2 amide bonds. The van der Waals surface area contributed by atoms with E-state index < -0.39 is 10.8 Å². The molecule has 2 rings (SSSR count). The zero-order valence-corrected chi connectivity index (χ0v) is 11.8. The largest absolute Gasteiger partial charge is 0.368 e. The Bertz CT molecular complexity index is 342. The van der Waals surface area contributed by atoms with Gasteiger partial charge in [0.25, 0.3) is 0 Å². The van der Waals surface area contributed by atoms with Crippen molar-refractivity contribution in [3.63, 3.8) is 0 Å². The first-order valence-corrected chi connectivity index (χ1v) is 7.15. The van der Waals surface area contributed by atoms with Gasteiger partial charge < -0.3 is 11.1 Å². The van der Waals surface area contributed by atoms with Crippen LogP contribution in [0.1, 0.15) is 32.1 Å². The Morgan fingerprint density at radius 2 is 2.06 bits per heavy atom. The van der Waals surface area contributed by atoms with Gasteiger partial charge in [-0.15, -0.1) is 11.6 Å². The Labute approximate surface area is 114 Å². The van der Waals surface area contributed by atoms with Crippen LogP contribution >= 0.6 is 27.5 Å². The van der Waals surface area contributed by atoms with Crippen molar-refractivity contribution in [1.82, 2.24) is 5.32 Å². The van der Waals surface area contributed by atoms with Crippen LogP contribution in [-0.2, 0) is 9.59 Å². The van der Waals surface area contributed by atoms with Gasteiger partial charge in [-0.3, -0.25) is 9.59 Å². The Morgan fingerprint density at radius 1 is 1.47 bits per heavy atom. The molecule has 0 spiro atoms. The summed E-state index contributed by atoms with van der Waals surface area (Å²) in [5.41, 5.74) is 5.30. The highest BCUT2D eigenvalue weighted by atomic mass is 79.9. The SMILES string of the molecule is NC(=O)C1(Cl)CCC(C2CC(Br)C(=O)N2)CC1. The van der Waals surface area contributed by atoms with Crippen LogP contribution in [0.25, 0.3) is 0 Å². The first kappa shape index (κ1) is 13.1. The van der Waals surface area contributed by atoms with Crippen molar-refractivity contribution < 1.29 is 9.59 Å².